The van der Waals surface area contributed by atoms with Crippen LogP contribution in [0.15, 0.2) is 45.9 Å². The number of nitrogens with two attached hydrogens (primary N) is 1. The van der Waals surface area contributed by atoms with Gasteiger partial charge in [0.2, 0.25) is 10.0 Å². The number of carbonyl (C=O) groups excluding carboxylic acids is 1. The van der Waals surface area contributed by atoms with Gasteiger partial charge >= 0.3 is 0 Å². The van der Waals surface area contributed by atoms with Crippen molar-refractivity contribution in [3.8, 4) is 0 Å². The maximum Gasteiger partial charge on any atom is 0.287 e. The number of nitrogens with one attached hydrogen (secondary N) is 1. The standard InChI is InChI=1S/C13H14N2O4S/c1-9-6-7-19-12(9)13(16)15-8-10-2-4-11(5-3-10)20(14,17)18/h2-7H,8H2,1H3,(H,15,16)(H2,14,17,18). The third-order valence-electron chi connectivity index (χ3n) is 2.77. The summed E-state index contributed by atoms with van der Waals surface area (Å²) in [5.41, 5.74) is 1.52. The summed E-state index contributed by atoms with van der Waals surface area (Å²) in [6.45, 7) is 2.04. The molecule has 0 fully saturated rings. The molecule has 2 rings (SSSR count). The van der Waals surface area contributed by atoms with Gasteiger partial charge in [0.25, 0.3) is 5.91 Å². The van der Waals surface area contributed by atoms with Crippen molar-refractivity contribution < 1.29 is 17.6 Å². The maximum atomic E-state index is 11.8. The van der Waals surface area contributed by atoms with Crippen LogP contribution in [0.5, 0.6) is 0 Å². The third-order valence-corrected chi connectivity index (χ3v) is 3.70. The van der Waals surface area contributed by atoms with Crippen LogP contribution in [0.2, 0.25) is 0 Å². The highest BCUT2D eigenvalue weighted by Gasteiger charge is 2.12. The molecule has 3 N–H and O–H groups in total. The van der Waals surface area contributed by atoms with Gasteiger partial charge in [-0.15, -0.1) is 0 Å². The number of rotatable bonds is 4. The molecule has 0 saturated carbocycles. The summed E-state index contributed by atoms with van der Waals surface area (Å²) in [7, 11) is -3.69. The van der Waals surface area contributed by atoms with Crippen LogP contribution in [-0.2, 0) is 16.6 Å². The lowest BCUT2D eigenvalue weighted by atomic mass is 10.2. The number of furan rings is 1. The van der Waals surface area contributed by atoms with Crippen LogP contribution in [-0.4, -0.2) is 14.3 Å². The smallest absolute Gasteiger partial charge is 0.287 e. The van der Waals surface area contributed by atoms with E-state index in [4.69, 9.17) is 9.56 Å². The minimum Gasteiger partial charge on any atom is -0.459 e. The largest absolute Gasteiger partial charge is 0.459 e. The Kier molecular flexibility index (Phi) is 3.91. The molecular formula is C13H14N2O4S. The first-order valence-electron chi connectivity index (χ1n) is 5.82. The van der Waals surface area contributed by atoms with Crippen LogP contribution < -0.4 is 10.5 Å². The lowest BCUT2D eigenvalue weighted by Gasteiger charge is -2.05. The average Bonchev–Trinajstić information content (AvgIpc) is 2.82. The maximum absolute atomic E-state index is 11.8. The molecule has 0 aliphatic rings. The number of hydrogen-bond acceptors (Lipinski definition) is 4. The Morgan fingerprint density at radius 1 is 1.25 bits per heavy atom. The fourth-order valence-corrected chi connectivity index (χ4v) is 2.18. The van der Waals surface area contributed by atoms with E-state index in [1.165, 1.54) is 18.4 Å². The second-order valence-corrected chi connectivity index (χ2v) is 5.87. The quantitative estimate of drug-likeness (QED) is 0.883. The Balaban J connectivity index is 2.02. The van der Waals surface area contributed by atoms with Gasteiger partial charge in [0.1, 0.15) is 0 Å². The van der Waals surface area contributed by atoms with Crippen molar-refractivity contribution in [1.29, 1.82) is 0 Å². The van der Waals surface area contributed by atoms with Crippen molar-refractivity contribution in [2.75, 3.05) is 0 Å². The summed E-state index contributed by atoms with van der Waals surface area (Å²) in [6.07, 6.45) is 1.45. The Bertz CT molecular complexity index is 717. The number of amides is 1. The molecule has 7 heteroatoms. The molecule has 6 nitrogen and oxygen atoms in total. The molecule has 0 unspecified atom stereocenters. The summed E-state index contributed by atoms with van der Waals surface area (Å²) in [5, 5.41) is 7.69. The molecule has 0 aliphatic heterocycles. The van der Waals surface area contributed by atoms with Crippen molar-refractivity contribution in [2.24, 2.45) is 5.14 Å². The first-order chi connectivity index (χ1) is 9.38. The Hall–Kier alpha value is -2.12. The van der Waals surface area contributed by atoms with Crippen LogP contribution >= 0.6 is 0 Å². The van der Waals surface area contributed by atoms with E-state index < -0.39 is 10.0 Å². The molecular weight excluding hydrogens is 280 g/mol. The molecule has 0 spiro atoms. The molecule has 1 amide bonds. The van der Waals surface area contributed by atoms with Gasteiger partial charge in [-0.1, -0.05) is 12.1 Å². The zero-order chi connectivity index (χ0) is 14.8. The van der Waals surface area contributed by atoms with Crippen molar-refractivity contribution >= 4 is 15.9 Å². The van der Waals surface area contributed by atoms with E-state index in [0.29, 0.717) is 0 Å². The number of sulfonamides is 1. The minimum absolute atomic E-state index is 0.0365. The third kappa shape index (κ3) is 3.25. The number of benzene rings is 1. The number of carbonyl (C=O) groups is 1. The van der Waals surface area contributed by atoms with Gasteiger partial charge in [-0.25, -0.2) is 13.6 Å². The molecule has 0 radical (unpaired) electrons. The predicted molar refractivity (Wildman–Crippen MR) is 72.4 cm³/mol. The molecule has 1 heterocycles. The van der Waals surface area contributed by atoms with Gasteiger partial charge in [0.15, 0.2) is 5.76 Å². The normalized spacial score (nSPS) is 11.3. The van der Waals surface area contributed by atoms with Gasteiger partial charge in [-0.05, 0) is 30.7 Å². The summed E-state index contributed by atoms with van der Waals surface area (Å²) < 4.78 is 27.3. The molecule has 0 bridgehead atoms. The summed E-state index contributed by atoms with van der Waals surface area (Å²) in [4.78, 5) is 11.8. The zero-order valence-corrected chi connectivity index (χ0v) is 11.6. The van der Waals surface area contributed by atoms with Crippen molar-refractivity contribution in [2.45, 2.75) is 18.4 Å². The van der Waals surface area contributed by atoms with Crippen LogP contribution in [0.4, 0.5) is 0 Å². The van der Waals surface area contributed by atoms with E-state index in [1.807, 2.05) is 0 Å². The summed E-state index contributed by atoms with van der Waals surface area (Å²) in [6, 6.07) is 7.68. The average molecular weight is 294 g/mol. The lowest BCUT2D eigenvalue weighted by Crippen LogP contribution is -2.23. The van der Waals surface area contributed by atoms with E-state index in [-0.39, 0.29) is 23.1 Å². The Morgan fingerprint density at radius 3 is 2.40 bits per heavy atom. The van der Waals surface area contributed by atoms with Crippen LogP contribution in [0.1, 0.15) is 21.7 Å². The van der Waals surface area contributed by atoms with Gasteiger partial charge < -0.3 is 9.73 Å². The van der Waals surface area contributed by atoms with Gasteiger partial charge in [0.05, 0.1) is 11.2 Å². The number of hydrogen-bond donors (Lipinski definition) is 2. The SMILES string of the molecule is Cc1ccoc1C(=O)NCc1ccc(S(N)(=O)=O)cc1. The minimum atomic E-state index is -3.69. The van der Waals surface area contributed by atoms with Crippen molar-refractivity contribution in [3.63, 3.8) is 0 Å². The van der Waals surface area contributed by atoms with Gasteiger partial charge in [-0.2, -0.15) is 0 Å². The van der Waals surface area contributed by atoms with Crippen LogP contribution in [0.25, 0.3) is 0 Å². The topological polar surface area (TPSA) is 102 Å². The summed E-state index contributed by atoms with van der Waals surface area (Å²) in [5.74, 6) is -0.0471. The highest BCUT2D eigenvalue weighted by molar-refractivity contribution is 7.89. The van der Waals surface area contributed by atoms with E-state index >= 15 is 0 Å². The summed E-state index contributed by atoms with van der Waals surface area (Å²) >= 11 is 0. The molecule has 0 atom stereocenters. The first kappa shape index (κ1) is 14.3. The fraction of sp³-hybridized carbons (Fsp3) is 0.154. The van der Waals surface area contributed by atoms with E-state index in [1.54, 1.807) is 25.1 Å². The van der Waals surface area contributed by atoms with E-state index in [0.717, 1.165) is 11.1 Å². The molecule has 0 aliphatic carbocycles. The van der Waals surface area contributed by atoms with Crippen molar-refractivity contribution in [3.05, 3.63) is 53.5 Å². The fourth-order valence-electron chi connectivity index (χ4n) is 1.66. The molecule has 1 aromatic heterocycles. The first-order valence-corrected chi connectivity index (χ1v) is 7.36. The monoisotopic (exact) mass is 294 g/mol. The van der Waals surface area contributed by atoms with Gasteiger partial charge in [0, 0.05) is 12.1 Å². The molecule has 106 valence electrons. The predicted octanol–water partition coefficient (Wildman–Crippen LogP) is 1.17. The number of primary sulfonamides is 1. The Labute approximate surface area is 116 Å². The van der Waals surface area contributed by atoms with E-state index in [9.17, 15) is 13.2 Å². The Morgan fingerprint density at radius 2 is 1.90 bits per heavy atom. The molecule has 0 saturated heterocycles. The van der Waals surface area contributed by atoms with E-state index in [2.05, 4.69) is 5.32 Å². The number of aryl methyl sites for hydroxylation is 1. The highest BCUT2D eigenvalue weighted by Crippen LogP contribution is 2.10. The molecule has 2 aromatic rings. The molecule has 20 heavy (non-hydrogen) atoms. The molecule has 1 aromatic carbocycles. The lowest BCUT2D eigenvalue weighted by molar-refractivity contribution is 0.0922. The van der Waals surface area contributed by atoms with Crippen LogP contribution in [0, 0.1) is 6.92 Å². The van der Waals surface area contributed by atoms with Crippen LogP contribution in [0.3, 0.4) is 0 Å². The second kappa shape index (κ2) is 5.48. The van der Waals surface area contributed by atoms with Gasteiger partial charge in [-0.3, -0.25) is 4.79 Å². The van der Waals surface area contributed by atoms with Crippen molar-refractivity contribution in [1.82, 2.24) is 5.32 Å². The second-order valence-electron chi connectivity index (χ2n) is 4.30. The highest BCUT2D eigenvalue weighted by atomic mass is 32.2. The zero-order valence-electron chi connectivity index (χ0n) is 10.8.